The number of hydrogen-bond donors (Lipinski definition) is 2. The number of aliphatic carboxylic acids is 1. The molecule has 0 spiro atoms. The molecule has 0 bridgehead atoms. The molecule has 5 heteroatoms. The number of nitrogens with one attached hydrogen (secondary N) is 1. The summed E-state index contributed by atoms with van der Waals surface area (Å²) < 4.78 is 5.57. The number of benzene rings is 4. The lowest BCUT2D eigenvalue weighted by Gasteiger charge is -2.21. The maximum absolute atomic E-state index is 12.7. The van der Waals surface area contributed by atoms with Crippen molar-refractivity contribution in [2.75, 3.05) is 6.61 Å². The lowest BCUT2D eigenvalue weighted by atomic mass is 9.84. The van der Waals surface area contributed by atoms with Crippen LogP contribution in [0.1, 0.15) is 33.7 Å². The van der Waals surface area contributed by atoms with Crippen molar-refractivity contribution in [2.45, 2.75) is 31.2 Å². The van der Waals surface area contributed by atoms with Gasteiger partial charge in [-0.3, -0.25) is 0 Å². The van der Waals surface area contributed by atoms with Crippen LogP contribution in [0, 0.1) is 0 Å². The van der Waals surface area contributed by atoms with Crippen LogP contribution in [0.3, 0.4) is 0 Å². The van der Waals surface area contributed by atoms with Crippen LogP contribution in [0.5, 0.6) is 0 Å². The Labute approximate surface area is 215 Å². The van der Waals surface area contributed by atoms with Gasteiger partial charge in [-0.1, -0.05) is 91.0 Å². The third-order valence-electron chi connectivity index (χ3n) is 7.51. The Kier molecular flexibility index (Phi) is 5.97. The molecule has 4 aromatic carbocycles. The number of carbonyl (C=O) groups excluding carboxylic acids is 1. The first kappa shape index (κ1) is 23.0. The van der Waals surface area contributed by atoms with Crippen molar-refractivity contribution in [3.8, 4) is 22.3 Å². The van der Waals surface area contributed by atoms with Gasteiger partial charge >= 0.3 is 12.1 Å². The van der Waals surface area contributed by atoms with Crippen LogP contribution < -0.4 is 5.32 Å². The Morgan fingerprint density at radius 2 is 1.38 bits per heavy atom. The zero-order chi connectivity index (χ0) is 25.4. The van der Waals surface area contributed by atoms with Crippen LogP contribution in [0.25, 0.3) is 22.3 Å². The molecule has 0 radical (unpaired) electrons. The van der Waals surface area contributed by atoms with Crippen LogP contribution in [0.15, 0.2) is 91.0 Å². The van der Waals surface area contributed by atoms with E-state index in [-0.39, 0.29) is 18.9 Å². The lowest BCUT2D eigenvalue weighted by molar-refractivity contribution is -0.139. The van der Waals surface area contributed by atoms with E-state index in [9.17, 15) is 14.7 Å². The SMILES string of the molecule is O=C(NC(Cc1ccc2c(c1)CCc1ccccc1-2)C(=O)O)OCC1c2ccccc2-c2ccccc21. The summed E-state index contributed by atoms with van der Waals surface area (Å²) in [6, 6.07) is 29.6. The summed E-state index contributed by atoms with van der Waals surface area (Å²) in [5, 5.41) is 12.4. The predicted octanol–water partition coefficient (Wildman–Crippen LogP) is 5.99. The third kappa shape index (κ3) is 4.38. The smallest absolute Gasteiger partial charge is 0.407 e. The molecule has 1 amide bonds. The predicted molar refractivity (Wildman–Crippen MR) is 143 cm³/mol. The molecule has 0 aromatic heterocycles. The van der Waals surface area contributed by atoms with Gasteiger partial charge in [-0.25, -0.2) is 9.59 Å². The summed E-state index contributed by atoms with van der Waals surface area (Å²) in [5.41, 5.74) is 10.4. The highest BCUT2D eigenvalue weighted by Crippen LogP contribution is 2.44. The van der Waals surface area contributed by atoms with Gasteiger partial charge in [0.25, 0.3) is 0 Å². The molecule has 2 aliphatic carbocycles. The summed E-state index contributed by atoms with van der Waals surface area (Å²) in [4.78, 5) is 24.7. The van der Waals surface area contributed by atoms with Crippen molar-refractivity contribution in [2.24, 2.45) is 0 Å². The minimum atomic E-state index is -1.09. The van der Waals surface area contributed by atoms with E-state index in [1.165, 1.54) is 22.3 Å². The zero-order valence-corrected chi connectivity index (χ0v) is 20.3. The van der Waals surface area contributed by atoms with E-state index in [0.29, 0.717) is 0 Å². The average Bonchev–Trinajstić information content (AvgIpc) is 3.25. The number of carbonyl (C=O) groups is 2. The maximum atomic E-state index is 12.7. The van der Waals surface area contributed by atoms with Gasteiger partial charge in [0.15, 0.2) is 0 Å². The Hall–Kier alpha value is -4.38. The highest BCUT2D eigenvalue weighted by molar-refractivity contribution is 5.81. The van der Waals surface area contributed by atoms with Crippen molar-refractivity contribution >= 4 is 12.1 Å². The Bertz CT molecular complexity index is 1460. The van der Waals surface area contributed by atoms with Crippen LogP contribution in [0.4, 0.5) is 4.79 Å². The number of fused-ring (bicyclic) bond motifs is 6. The average molecular weight is 490 g/mol. The second kappa shape index (κ2) is 9.58. The minimum absolute atomic E-state index is 0.0787. The zero-order valence-electron chi connectivity index (χ0n) is 20.3. The molecule has 4 aromatic rings. The van der Waals surface area contributed by atoms with E-state index in [2.05, 4.69) is 59.9 Å². The summed E-state index contributed by atoms with van der Waals surface area (Å²) in [6.45, 7) is 0.143. The molecule has 0 heterocycles. The number of carboxylic acid groups (broad SMARTS) is 1. The fourth-order valence-electron chi connectivity index (χ4n) is 5.73. The van der Waals surface area contributed by atoms with E-state index in [1.54, 1.807) is 0 Å². The Morgan fingerprint density at radius 1 is 0.784 bits per heavy atom. The first-order valence-corrected chi connectivity index (χ1v) is 12.6. The molecular formula is C32H27NO4. The molecule has 2 aliphatic rings. The fourth-order valence-corrected chi connectivity index (χ4v) is 5.73. The molecule has 0 fully saturated rings. The molecule has 0 saturated heterocycles. The van der Waals surface area contributed by atoms with Gasteiger partial charge in [0.1, 0.15) is 12.6 Å². The van der Waals surface area contributed by atoms with Crippen molar-refractivity contribution in [3.63, 3.8) is 0 Å². The normalized spacial score (nSPS) is 14.1. The number of ether oxygens (including phenoxy) is 1. The largest absolute Gasteiger partial charge is 0.480 e. The molecule has 184 valence electrons. The molecule has 37 heavy (non-hydrogen) atoms. The first-order valence-electron chi connectivity index (χ1n) is 12.6. The second-order valence-corrected chi connectivity index (χ2v) is 9.71. The van der Waals surface area contributed by atoms with Gasteiger partial charge in [0, 0.05) is 12.3 Å². The monoisotopic (exact) mass is 489 g/mol. The van der Waals surface area contributed by atoms with E-state index < -0.39 is 18.1 Å². The topological polar surface area (TPSA) is 75.6 Å². The quantitative estimate of drug-likeness (QED) is 0.349. The van der Waals surface area contributed by atoms with Crippen LogP contribution in [0.2, 0.25) is 0 Å². The molecule has 2 N–H and O–H groups in total. The highest BCUT2D eigenvalue weighted by Gasteiger charge is 2.30. The second-order valence-electron chi connectivity index (χ2n) is 9.71. The van der Waals surface area contributed by atoms with Crippen molar-refractivity contribution in [1.82, 2.24) is 5.32 Å². The summed E-state index contributed by atoms with van der Waals surface area (Å²) >= 11 is 0. The molecule has 6 rings (SSSR count). The van der Waals surface area contributed by atoms with Crippen molar-refractivity contribution < 1.29 is 19.4 Å². The lowest BCUT2D eigenvalue weighted by Crippen LogP contribution is -2.43. The van der Waals surface area contributed by atoms with E-state index >= 15 is 0 Å². The van der Waals surface area contributed by atoms with E-state index in [0.717, 1.165) is 40.7 Å². The van der Waals surface area contributed by atoms with Crippen molar-refractivity contribution in [3.05, 3.63) is 119 Å². The number of carboxylic acids is 1. The fraction of sp³-hybridized carbons (Fsp3) is 0.188. The molecular weight excluding hydrogens is 462 g/mol. The van der Waals surface area contributed by atoms with E-state index in [4.69, 9.17) is 4.74 Å². The molecule has 1 atom stereocenters. The summed E-state index contributed by atoms with van der Waals surface area (Å²) in [5.74, 6) is -1.17. The first-order chi connectivity index (χ1) is 18.1. The van der Waals surface area contributed by atoms with Gasteiger partial charge in [-0.05, 0) is 62.9 Å². The van der Waals surface area contributed by atoms with Crippen LogP contribution in [-0.4, -0.2) is 29.8 Å². The summed E-state index contributed by atoms with van der Waals surface area (Å²) in [7, 11) is 0. The van der Waals surface area contributed by atoms with E-state index in [1.807, 2.05) is 36.4 Å². The number of amides is 1. The van der Waals surface area contributed by atoms with Gasteiger partial charge in [0.05, 0.1) is 0 Å². The van der Waals surface area contributed by atoms with Gasteiger partial charge in [-0.15, -0.1) is 0 Å². The van der Waals surface area contributed by atoms with Crippen LogP contribution >= 0.6 is 0 Å². The summed E-state index contributed by atoms with van der Waals surface area (Å²) in [6.07, 6.45) is 1.35. The number of hydrogen-bond acceptors (Lipinski definition) is 3. The van der Waals surface area contributed by atoms with Gasteiger partial charge < -0.3 is 15.2 Å². The highest BCUT2D eigenvalue weighted by atomic mass is 16.5. The van der Waals surface area contributed by atoms with Crippen molar-refractivity contribution in [1.29, 1.82) is 0 Å². The Balaban J connectivity index is 1.14. The third-order valence-corrected chi connectivity index (χ3v) is 7.51. The Morgan fingerprint density at radius 3 is 2.08 bits per heavy atom. The number of aryl methyl sites for hydroxylation is 2. The molecule has 5 nitrogen and oxygen atoms in total. The minimum Gasteiger partial charge on any atom is -0.480 e. The van der Waals surface area contributed by atoms with Gasteiger partial charge in [0.2, 0.25) is 0 Å². The molecule has 1 unspecified atom stereocenters. The van der Waals surface area contributed by atoms with Crippen LogP contribution in [-0.2, 0) is 28.8 Å². The number of alkyl carbamates (subject to hydrolysis) is 1. The molecule has 0 aliphatic heterocycles. The standard InChI is InChI=1S/C32H27NO4/c34-31(35)30(18-20-13-16-24-22(17-20)15-14-21-7-1-2-8-23(21)24)33-32(36)37-19-29-27-11-5-3-9-25(27)26-10-4-6-12-28(26)29/h1-13,16-17,29-30H,14-15,18-19H2,(H,33,36)(H,34,35). The molecule has 0 saturated carbocycles. The maximum Gasteiger partial charge on any atom is 0.407 e. The van der Waals surface area contributed by atoms with Gasteiger partial charge in [-0.2, -0.15) is 0 Å². The number of rotatable bonds is 6.